The van der Waals surface area contributed by atoms with E-state index >= 15 is 0 Å². The molecule has 6 rings (SSSR count). The molecule has 0 aliphatic rings. The first-order valence-electron chi connectivity index (χ1n) is 14.0. The Morgan fingerprint density at radius 3 is 2.38 bits per heavy atom. The van der Waals surface area contributed by atoms with Crippen LogP contribution in [0, 0.1) is 30.8 Å². The quantitative estimate of drug-likeness (QED) is 0.129. The van der Waals surface area contributed by atoms with Crippen molar-refractivity contribution in [2.45, 2.75) is 46.8 Å². The normalized spacial score (nSPS) is 11.3. The molecule has 0 amide bonds. The molecule has 2 nitrogen and oxygen atoms in total. The van der Waals surface area contributed by atoms with Crippen LogP contribution in [-0.4, -0.2) is 18.0 Å². The molecule has 1 radical (unpaired) electrons. The number of halogens is 1. The minimum atomic E-state index is -1.41. The Labute approximate surface area is 267 Å². The van der Waals surface area contributed by atoms with E-state index in [-0.39, 0.29) is 25.9 Å². The fraction of sp³-hybridized carbons (Fsp3) is 0.222. The van der Waals surface area contributed by atoms with E-state index in [0.29, 0.717) is 5.92 Å². The number of benzene rings is 3. The summed E-state index contributed by atoms with van der Waals surface area (Å²) in [5.74, 6) is 0.340. The summed E-state index contributed by atoms with van der Waals surface area (Å²) in [7, 11) is -1.41. The molecule has 0 saturated carbocycles. The molecule has 6 aromatic rings. The van der Waals surface area contributed by atoms with E-state index in [0.717, 1.165) is 28.9 Å². The van der Waals surface area contributed by atoms with Crippen molar-refractivity contribution in [1.29, 1.82) is 0 Å². The first kappa shape index (κ1) is 31.9. The van der Waals surface area contributed by atoms with Crippen LogP contribution in [0.4, 0.5) is 4.39 Å². The second kappa shape index (κ2) is 13.5. The van der Waals surface area contributed by atoms with Gasteiger partial charge in [-0.1, -0.05) is 80.3 Å². The Balaban J connectivity index is 0.000000188. The number of aromatic nitrogens is 2. The van der Waals surface area contributed by atoms with Gasteiger partial charge in [0.25, 0.3) is 0 Å². The van der Waals surface area contributed by atoms with Gasteiger partial charge in [-0.05, 0) is 58.1 Å². The number of hydrogen-bond acceptors (Lipinski definition) is 3. The summed E-state index contributed by atoms with van der Waals surface area (Å²) in [5.41, 5.74) is 6.44. The fourth-order valence-electron chi connectivity index (χ4n) is 5.05. The van der Waals surface area contributed by atoms with E-state index in [1.807, 2.05) is 35.9 Å². The number of thiophene rings is 1. The molecule has 217 valence electrons. The number of hydrogen-bond donors (Lipinski definition) is 0. The Hall–Kier alpha value is -3.02. The third-order valence-corrected chi connectivity index (χ3v) is 10.3. The van der Waals surface area contributed by atoms with Crippen LogP contribution in [0.1, 0.15) is 25.0 Å². The van der Waals surface area contributed by atoms with E-state index in [4.69, 9.17) is 0 Å². The summed E-state index contributed by atoms with van der Waals surface area (Å²) in [5, 5.41) is 4.03. The molecule has 42 heavy (non-hydrogen) atoms. The minimum Gasteiger partial charge on any atom is -0.305 e. The molecule has 0 bridgehead atoms. The van der Waals surface area contributed by atoms with E-state index in [1.54, 1.807) is 6.07 Å². The molecular formula is C36H35FIrN2SSi-2. The zero-order valence-electron chi connectivity index (χ0n) is 24.9. The first-order valence-corrected chi connectivity index (χ1v) is 18.3. The van der Waals surface area contributed by atoms with Gasteiger partial charge in [-0.2, -0.15) is 11.3 Å². The number of fused-ring (bicyclic) bond motifs is 3. The van der Waals surface area contributed by atoms with E-state index in [9.17, 15) is 4.39 Å². The third kappa shape index (κ3) is 7.30. The molecule has 0 saturated heterocycles. The van der Waals surface area contributed by atoms with Crippen molar-refractivity contribution in [2.24, 2.45) is 5.92 Å². The second-order valence-electron chi connectivity index (χ2n) is 11.9. The van der Waals surface area contributed by atoms with Crippen LogP contribution in [0.5, 0.6) is 0 Å². The molecule has 6 heteroatoms. The Bertz CT molecular complexity index is 1810. The van der Waals surface area contributed by atoms with Gasteiger partial charge in [-0.15, -0.1) is 53.6 Å². The van der Waals surface area contributed by atoms with Crippen LogP contribution < -0.4 is 5.19 Å². The van der Waals surface area contributed by atoms with Crippen LogP contribution in [-0.2, 0) is 26.5 Å². The van der Waals surface area contributed by atoms with E-state index in [2.05, 4.69) is 105 Å². The van der Waals surface area contributed by atoms with Crippen molar-refractivity contribution in [2.75, 3.05) is 0 Å². The van der Waals surface area contributed by atoms with Crippen molar-refractivity contribution >= 4 is 44.8 Å². The average molecular weight is 767 g/mol. The van der Waals surface area contributed by atoms with Gasteiger partial charge in [0.1, 0.15) is 0 Å². The maximum atomic E-state index is 13.0. The molecule has 3 aromatic heterocycles. The predicted octanol–water partition coefficient (Wildman–Crippen LogP) is 9.65. The third-order valence-electron chi connectivity index (χ3n) is 6.99. The van der Waals surface area contributed by atoms with Crippen molar-refractivity contribution < 1.29 is 24.5 Å². The molecule has 0 N–H and O–H groups in total. The Morgan fingerprint density at radius 2 is 1.69 bits per heavy atom. The van der Waals surface area contributed by atoms with Crippen molar-refractivity contribution in [3.05, 3.63) is 114 Å². The van der Waals surface area contributed by atoms with Gasteiger partial charge in [0.05, 0.1) is 8.07 Å². The molecule has 0 unspecified atom stereocenters. The molecular weight excluding hydrogens is 732 g/mol. The zero-order valence-corrected chi connectivity index (χ0v) is 29.1. The smallest absolute Gasteiger partial charge is 0.0798 e. The zero-order chi connectivity index (χ0) is 29.1. The monoisotopic (exact) mass is 767 g/mol. The van der Waals surface area contributed by atoms with Gasteiger partial charge in [-0.3, -0.25) is 4.39 Å². The van der Waals surface area contributed by atoms with Crippen molar-refractivity contribution in [3.63, 3.8) is 0 Å². The van der Waals surface area contributed by atoms with Gasteiger partial charge in [0, 0.05) is 43.0 Å². The van der Waals surface area contributed by atoms with Gasteiger partial charge in [0.2, 0.25) is 0 Å². The SMILES string of the molecule is CC(C)Cc1cc(-c2[c-]cc(F)cc2)ncc1[Si](C)(C)C.Cc1ccnc(-c2[c-]ccc3c2sc2ccccc23)c1.[Ir]. The summed E-state index contributed by atoms with van der Waals surface area (Å²) < 4.78 is 15.6. The molecule has 0 aliphatic heterocycles. The number of aryl methyl sites for hydroxylation is 1. The number of rotatable bonds is 5. The Morgan fingerprint density at radius 1 is 0.905 bits per heavy atom. The largest absolute Gasteiger partial charge is 0.305 e. The summed E-state index contributed by atoms with van der Waals surface area (Å²) >= 11 is 1.82. The standard InChI is InChI=1S/C18H23FNSi.C18H12NS.Ir/c1-13(2)10-15-11-17(14-6-8-16(19)9-7-14)20-12-18(15)21(3,4)5;1-12-9-10-19-16(11-12)15-7-4-6-14-13-5-2-3-8-17(13)20-18(14)15;/h6,8-9,11-13H,10H2,1-5H3;2-6,8-11H,1H3;/q2*-1;. The van der Waals surface area contributed by atoms with Crippen LogP contribution in [0.15, 0.2) is 85.2 Å². The van der Waals surface area contributed by atoms with E-state index in [1.165, 1.54) is 48.6 Å². The molecule has 0 aliphatic carbocycles. The molecule has 0 spiro atoms. The fourth-order valence-corrected chi connectivity index (χ4v) is 7.84. The number of nitrogens with zero attached hydrogens (tertiary/aromatic N) is 2. The van der Waals surface area contributed by atoms with Crippen molar-refractivity contribution in [1.82, 2.24) is 9.97 Å². The summed E-state index contributed by atoms with van der Waals surface area (Å²) in [6, 6.07) is 29.9. The minimum absolute atomic E-state index is 0. The molecule has 0 atom stereocenters. The maximum Gasteiger partial charge on any atom is 0.0798 e. The summed E-state index contributed by atoms with van der Waals surface area (Å²) in [6.45, 7) is 13.6. The Kier molecular flexibility index (Phi) is 10.3. The molecule has 0 fully saturated rings. The summed E-state index contributed by atoms with van der Waals surface area (Å²) in [4.78, 5) is 9.10. The van der Waals surface area contributed by atoms with Crippen LogP contribution in [0.25, 0.3) is 42.7 Å². The van der Waals surface area contributed by atoms with Gasteiger partial charge in [0.15, 0.2) is 0 Å². The van der Waals surface area contributed by atoms with Crippen LogP contribution >= 0.6 is 11.3 Å². The topological polar surface area (TPSA) is 25.8 Å². The second-order valence-corrected chi connectivity index (χ2v) is 18.0. The van der Waals surface area contributed by atoms with Gasteiger partial charge < -0.3 is 9.97 Å². The average Bonchev–Trinajstić information content (AvgIpc) is 3.32. The first-order chi connectivity index (χ1) is 19.6. The maximum absolute atomic E-state index is 13.0. The van der Waals surface area contributed by atoms with E-state index < -0.39 is 8.07 Å². The van der Waals surface area contributed by atoms with Crippen LogP contribution in [0.3, 0.4) is 0 Å². The van der Waals surface area contributed by atoms with Crippen molar-refractivity contribution in [3.8, 4) is 22.5 Å². The summed E-state index contributed by atoms with van der Waals surface area (Å²) in [6.07, 6.45) is 4.94. The molecule has 3 heterocycles. The number of pyridine rings is 2. The van der Waals surface area contributed by atoms with Gasteiger partial charge >= 0.3 is 0 Å². The van der Waals surface area contributed by atoms with Crippen LogP contribution in [0.2, 0.25) is 19.6 Å². The predicted molar refractivity (Wildman–Crippen MR) is 176 cm³/mol. The molecule has 3 aromatic carbocycles. The van der Waals surface area contributed by atoms with Gasteiger partial charge in [-0.25, -0.2) is 0 Å².